The lowest BCUT2D eigenvalue weighted by Crippen LogP contribution is -2.13. The van der Waals surface area contributed by atoms with Gasteiger partial charge in [0.05, 0.1) is 22.0 Å². The summed E-state index contributed by atoms with van der Waals surface area (Å²) in [5.74, 6) is 0.484. The Labute approximate surface area is 190 Å². The van der Waals surface area contributed by atoms with Gasteiger partial charge in [-0.1, -0.05) is 50.6 Å². The van der Waals surface area contributed by atoms with Crippen molar-refractivity contribution in [1.82, 2.24) is 14.7 Å². The van der Waals surface area contributed by atoms with Gasteiger partial charge >= 0.3 is 0 Å². The van der Waals surface area contributed by atoms with Gasteiger partial charge in [0, 0.05) is 13.6 Å². The van der Waals surface area contributed by atoms with Gasteiger partial charge in [0.15, 0.2) is 0 Å². The summed E-state index contributed by atoms with van der Waals surface area (Å²) in [6.45, 7) is 11.6. The molecule has 31 heavy (non-hydrogen) atoms. The molecule has 1 aromatic carbocycles. The molecular weight excluding hydrogens is 404 g/mol. The Bertz CT molecular complexity index is 953. The number of aryl methyl sites for hydroxylation is 1. The Morgan fingerprint density at radius 1 is 1.23 bits per heavy atom. The molecule has 2 rings (SSSR count). The molecule has 2 aromatic rings. The van der Waals surface area contributed by atoms with E-state index in [-0.39, 0.29) is 0 Å². The summed E-state index contributed by atoms with van der Waals surface area (Å²) >= 11 is 0. The summed E-state index contributed by atoms with van der Waals surface area (Å²) in [5.41, 5.74) is 6.60. The molecular formula is C25H38N4OS. The molecule has 1 N–H and O–H groups in total. The third kappa shape index (κ3) is 7.18. The van der Waals surface area contributed by atoms with Gasteiger partial charge in [-0.2, -0.15) is 5.10 Å². The van der Waals surface area contributed by atoms with Crippen LogP contribution in [-0.2, 0) is 24.5 Å². The van der Waals surface area contributed by atoms with E-state index in [1.165, 1.54) is 11.1 Å². The Balaban J connectivity index is 2.19. The first kappa shape index (κ1) is 25.1. The van der Waals surface area contributed by atoms with Crippen molar-refractivity contribution < 1.29 is 4.21 Å². The molecule has 1 unspecified atom stereocenters. The molecule has 170 valence electrons. The minimum atomic E-state index is -1.34. The zero-order valence-electron chi connectivity index (χ0n) is 20.3. The predicted molar refractivity (Wildman–Crippen MR) is 134 cm³/mol. The summed E-state index contributed by atoms with van der Waals surface area (Å²) < 4.78 is 18.1. The minimum absolute atomic E-state index is 0.484. The molecule has 1 atom stereocenters. The van der Waals surface area contributed by atoms with Crippen LogP contribution in [0.2, 0.25) is 0 Å². The largest absolute Gasteiger partial charge is 0.305 e. The molecule has 0 fully saturated rings. The molecule has 1 aromatic heterocycles. The minimum Gasteiger partial charge on any atom is -0.305 e. The molecule has 0 saturated heterocycles. The predicted octanol–water partition coefficient (Wildman–Crippen LogP) is 5.36. The molecule has 0 aliphatic rings. The number of likely N-dealkylation sites (N-methyl/N-ethyl adjacent to an activating group) is 1. The fourth-order valence-corrected chi connectivity index (χ4v) is 4.45. The topological polar surface area (TPSA) is 50.2 Å². The van der Waals surface area contributed by atoms with Gasteiger partial charge in [0.1, 0.15) is 11.0 Å². The number of nitrogens with one attached hydrogen (secondary N) is 1. The Hall–Kier alpha value is -2.18. The number of allylic oxidation sites excluding steroid dienone is 3. The number of nitrogens with zero attached hydrogens (tertiary/aromatic N) is 3. The van der Waals surface area contributed by atoms with Crippen molar-refractivity contribution in [2.75, 3.05) is 25.4 Å². The maximum Gasteiger partial charge on any atom is 0.150 e. The molecule has 0 aliphatic carbocycles. The molecule has 0 saturated carbocycles. The van der Waals surface area contributed by atoms with Crippen molar-refractivity contribution in [1.29, 1.82) is 0 Å². The number of aromatic nitrogens is 2. The highest BCUT2D eigenvalue weighted by atomic mass is 32.2. The van der Waals surface area contributed by atoms with Crippen LogP contribution in [0.1, 0.15) is 51.1 Å². The van der Waals surface area contributed by atoms with Crippen LogP contribution < -0.4 is 4.72 Å². The van der Waals surface area contributed by atoms with Crippen molar-refractivity contribution in [2.24, 2.45) is 13.0 Å². The van der Waals surface area contributed by atoms with Crippen LogP contribution in [0, 0.1) is 12.8 Å². The average Bonchev–Trinajstić information content (AvgIpc) is 2.95. The van der Waals surface area contributed by atoms with Crippen molar-refractivity contribution >= 4 is 22.2 Å². The van der Waals surface area contributed by atoms with Gasteiger partial charge in [-0.05, 0) is 70.0 Å². The van der Waals surface area contributed by atoms with E-state index in [0.717, 1.165) is 46.9 Å². The fourth-order valence-electron chi connectivity index (χ4n) is 3.50. The van der Waals surface area contributed by atoms with E-state index >= 15 is 0 Å². The molecule has 1 heterocycles. The van der Waals surface area contributed by atoms with Crippen molar-refractivity contribution in [3.8, 4) is 0 Å². The summed E-state index contributed by atoms with van der Waals surface area (Å²) in [5, 5.41) is 4.60. The lowest BCUT2D eigenvalue weighted by Gasteiger charge is -2.11. The van der Waals surface area contributed by atoms with Gasteiger partial charge in [-0.25, -0.2) is 4.21 Å². The normalized spacial score (nSPS) is 13.9. The SMILES string of the molecule is CC/C(=C\C=C(/C)CN(C)C)c1ccc(S(=O)Nc2c(CC(C)C)nn(C)c2C)cc1. The Morgan fingerprint density at radius 3 is 2.42 bits per heavy atom. The van der Waals surface area contributed by atoms with E-state index < -0.39 is 11.0 Å². The van der Waals surface area contributed by atoms with Crippen LogP contribution in [0.15, 0.2) is 46.9 Å². The molecule has 0 bridgehead atoms. The molecule has 0 amide bonds. The third-order valence-corrected chi connectivity index (χ3v) is 6.25. The van der Waals surface area contributed by atoms with Crippen LogP contribution in [-0.4, -0.2) is 39.5 Å². The maximum atomic E-state index is 13.0. The van der Waals surface area contributed by atoms with Crippen LogP contribution in [0.5, 0.6) is 0 Å². The maximum absolute atomic E-state index is 13.0. The Kier molecular flexibility index (Phi) is 9.26. The summed E-state index contributed by atoms with van der Waals surface area (Å²) in [6.07, 6.45) is 6.18. The summed E-state index contributed by atoms with van der Waals surface area (Å²) in [4.78, 5) is 2.93. The molecule has 0 aliphatic heterocycles. The van der Waals surface area contributed by atoms with Crippen molar-refractivity contribution in [3.05, 3.63) is 58.9 Å². The smallest absolute Gasteiger partial charge is 0.150 e. The van der Waals surface area contributed by atoms with Crippen LogP contribution in [0.25, 0.3) is 5.57 Å². The summed E-state index contributed by atoms with van der Waals surface area (Å²) in [7, 11) is 4.74. The standard InChI is InChI=1S/C25H38N4OS/c1-9-21(11-10-19(4)17-28(6)7)22-12-14-23(15-13-22)31(30)27-25-20(5)29(8)26-24(25)16-18(2)3/h10-15,18,27H,9,16-17H2,1-8H3/b19-10+,21-11+. The molecule has 6 heteroatoms. The first-order chi connectivity index (χ1) is 14.6. The number of hydrogen-bond acceptors (Lipinski definition) is 3. The van der Waals surface area contributed by atoms with E-state index in [4.69, 9.17) is 0 Å². The first-order valence-corrected chi connectivity index (χ1v) is 12.1. The van der Waals surface area contributed by atoms with E-state index in [1.807, 2.05) is 30.8 Å². The van der Waals surface area contributed by atoms with Crippen LogP contribution in [0.3, 0.4) is 0 Å². The van der Waals surface area contributed by atoms with Crippen molar-refractivity contribution in [2.45, 2.75) is 52.4 Å². The van der Waals surface area contributed by atoms with Gasteiger partial charge < -0.3 is 4.90 Å². The van der Waals surface area contributed by atoms with Gasteiger partial charge in [-0.15, -0.1) is 0 Å². The quantitative estimate of drug-likeness (QED) is 0.504. The van der Waals surface area contributed by atoms with Crippen LogP contribution in [0.4, 0.5) is 5.69 Å². The number of rotatable bonds is 10. The molecule has 0 spiro atoms. The molecule has 5 nitrogen and oxygen atoms in total. The highest BCUT2D eigenvalue weighted by molar-refractivity contribution is 7.86. The zero-order chi connectivity index (χ0) is 23.1. The van der Waals surface area contributed by atoms with E-state index in [9.17, 15) is 4.21 Å². The second-order valence-electron chi connectivity index (χ2n) is 8.82. The number of hydrogen-bond donors (Lipinski definition) is 1. The number of benzene rings is 1. The lowest BCUT2D eigenvalue weighted by molar-refractivity contribution is 0.445. The van der Waals surface area contributed by atoms with Gasteiger partial charge in [-0.3, -0.25) is 9.40 Å². The second kappa shape index (κ2) is 11.4. The fraction of sp³-hybridized carbons (Fsp3) is 0.480. The first-order valence-electron chi connectivity index (χ1n) is 10.9. The van der Waals surface area contributed by atoms with Crippen molar-refractivity contribution in [3.63, 3.8) is 0 Å². The lowest BCUT2D eigenvalue weighted by atomic mass is 10.0. The third-order valence-electron chi connectivity index (χ3n) is 5.16. The zero-order valence-corrected chi connectivity index (χ0v) is 21.1. The van der Waals surface area contributed by atoms with Gasteiger partial charge in [0.2, 0.25) is 0 Å². The van der Waals surface area contributed by atoms with E-state index in [1.54, 1.807) is 0 Å². The summed E-state index contributed by atoms with van der Waals surface area (Å²) in [6, 6.07) is 8.02. The highest BCUT2D eigenvalue weighted by Crippen LogP contribution is 2.25. The average molecular weight is 443 g/mol. The number of anilines is 1. The van der Waals surface area contributed by atoms with E-state index in [0.29, 0.717) is 5.92 Å². The monoisotopic (exact) mass is 442 g/mol. The molecule has 0 radical (unpaired) electrons. The van der Waals surface area contributed by atoms with Crippen LogP contribution >= 0.6 is 0 Å². The Morgan fingerprint density at radius 2 is 1.87 bits per heavy atom. The highest BCUT2D eigenvalue weighted by Gasteiger charge is 2.17. The second-order valence-corrected chi connectivity index (χ2v) is 10.0. The van der Waals surface area contributed by atoms with Gasteiger partial charge in [0.25, 0.3) is 0 Å². The van der Waals surface area contributed by atoms with E-state index in [2.05, 4.69) is 80.8 Å².